The van der Waals surface area contributed by atoms with E-state index in [1.165, 1.54) is 0 Å². The molecule has 0 aliphatic rings. The van der Waals surface area contributed by atoms with Crippen LogP contribution in [0.2, 0.25) is 0 Å². The zero-order valence-corrected chi connectivity index (χ0v) is 14.4. The van der Waals surface area contributed by atoms with Gasteiger partial charge in [0, 0.05) is 36.8 Å². The molecule has 1 amide bonds. The first kappa shape index (κ1) is 17.5. The normalized spacial score (nSPS) is 10.9. The first-order valence-electron chi connectivity index (χ1n) is 8.29. The number of nitrogens with two attached hydrogens (primary N) is 1. The van der Waals surface area contributed by atoms with Crippen molar-refractivity contribution in [1.29, 1.82) is 0 Å². The smallest absolute Gasteiger partial charge is 0.271 e. The highest BCUT2D eigenvalue weighted by atomic mass is 19.1. The highest BCUT2D eigenvalue weighted by molar-refractivity contribution is 5.92. The zero-order valence-electron chi connectivity index (χ0n) is 14.4. The largest absolute Gasteiger partial charge is 0.368 e. The van der Waals surface area contributed by atoms with Crippen LogP contribution in [0, 0.1) is 11.6 Å². The maximum absolute atomic E-state index is 13.2. The molecule has 4 rings (SSSR count). The van der Waals surface area contributed by atoms with Gasteiger partial charge < -0.3 is 15.5 Å². The van der Waals surface area contributed by atoms with Gasteiger partial charge in [-0.25, -0.2) is 23.7 Å². The van der Waals surface area contributed by atoms with E-state index in [2.05, 4.69) is 20.3 Å². The number of pyridine rings is 1. The summed E-state index contributed by atoms with van der Waals surface area (Å²) in [7, 11) is 0. The fourth-order valence-corrected chi connectivity index (χ4v) is 2.77. The van der Waals surface area contributed by atoms with E-state index in [4.69, 9.17) is 5.73 Å². The topological polar surface area (TPSA) is 98.2 Å². The Balaban J connectivity index is 1.54. The van der Waals surface area contributed by atoms with Gasteiger partial charge in [-0.15, -0.1) is 0 Å². The number of rotatable bonds is 4. The van der Waals surface area contributed by atoms with Crippen molar-refractivity contribution in [2.45, 2.75) is 6.54 Å². The average molecular weight is 380 g/mol. The Hall–Kier alpha value is -3.88. The summed E-state index contributed by atoms with van der Waals surface area (Å²) >= 11 is 0. The van der Waals surface area contributed by atoms with Crippen LogP contribution in [0.15, 0.2) is 55.0 Å². The van der Waals surface area contributed by atoms with Crippen molar-refractivity contribution in [3.8, 4) is 11.3 Å². The molecule has 0 unspecified atom stereocenters. The van der Waals surface area contributed by atoms with Gasteiger partial charge in [-0.05, 0) is 35.9 Å². The van der Waals surface area contributed by atoms with Crippen molar-refractivity contribution in [3.05, 3.63) is 77.9 Å². The monoisotopic (exact) mass is 380 g/mol. The van der Waals surface area contributed by atoms with E-state index in [1.54, 1.807) is 41.2 Å². The van der Waals surface area contributed by atoms with E-state index in [1.807, 2.05) is 0 Å². The Bertz CT molecular complexity index is 1170. The molecule has 9 heteroatoms. The maximum Gasteiger partial charge on any atom is 0.271 e. The summed E-state index contributed by atoms with van der Waals surface area (Å²) in [6.45, 7) is -0.0210. The lowest BCUT2D eigenvalue weighted by molar-refractivity contribution is 0.0946. The maximum atomic E-state index is 13.2. The van der Waals surface area contributed by atoms with Crippen molar-refractivity contribution in [3.63, 3.8) is 0 Å². The SMILES string of the molecule is Nc1nccc(-c2ccc3nc(C(=O)NCc4cc(F)cc(F)c4)cn3c2)n1. The van der Waals surface area contributed by atoms with Gasteiger partial charge in [0.1, 0.15) is 23.0 Å². The van der Waals surface area contributed by atoms with Crippen LogP contribution in [0.5, 0.6) is 0 Å². The number of halogens is 2. The van der Waals surface area contributed by atoms with E-state index in [-0.39, 0.29) is 18.2 Å². The van der Waals surface area contributed by atoms with Gasteiger partial charge in [0.2, 0.25) is 5.95 Å². The molecule has 0 aliphatic carbocycles. The summed E-state index contributed by atoms with van der Waals surface area (Å²) < 4.78 is 28.1. The molecule has 0 radical (unpaired) electrons. The summed E-state index contributed by atoms with van der Waals surface area (Å²) in [5.74, 6) is -1.69. The molecule has 0 atom stereocenters. The van der Waals surface area contributed by atoms with Crippen molar-refractivity contribution in [2.24, 2.45) is 0 Å². The second kappa shape index (κ2) is 7.03. The second-order valence-electron chi connectivity index (χ2n) is 6.07. The predicted octanol–water partition coefficient (Wildman–Crippen LogP) is 2.58. The number of nitrogens with zero attached hydrogens (tertiary/aromatic N) is 4. The van der Waals surface area contributed by atoms with Crippen LogP contribution in [-0.2, 0) is 6.54 Å². The van der Waals surface area contributed by atoms with Gasteiger partial charge in [0.15, 0.2) is 0 Å². The average Bonchev–Trinajstić information content (AvgIpc) is 3.09. The van der Waals surface area contributed by atoms with Gasteiger partial charge in [0.25, 0.3) is 5.91 Å². The van der Waals surface area contributed by atoms with Crippen LogP contribution in [0.4, 0.5) is 14.7 Å². The Morgan fingerprint density at radius 3 is 2.61 bits per heavy atom. The Morgan fingerprint density at radius 1 is 1.07 bits per heavy atom. The molecule has 0 spiro atoms. The number of carbonyl (C=O) groups is 1. The Kier molecular flexibility index (Phi) is 4.40. The number of aromatic nitrogens is 4. The second-order valence-corrected chi connectivity index (χ2v) is 6.07. The highest BCUT2D eigenvalue weighted by Gasteiger charge is 2.12. The molecule has 0 aliphatic heterocycles. The first-order chi connectivity index (χ1) is 13.5. The van der Waals surface area contributed by atoms with Crippen molar-refractivity contribution < 1.29 is 13.6 Å². The van der Waals surface area contributed by atoms with Gasteiger partial charge in [-0.2, -0.15) is 0 Å². The predicted molar refractivity (Wildman–Crippen MR) is 98.2 cm³/mol. The molecule has 4 aromatic rings. The fourth-order valence-electron chi connectivity index (χ4n) is 2.77. The molecule has 1 aromatic carbocycles. The minimum Gasteiger partial charge on any atom is -0.368 e. The van der Waals surface area contributed by atoms with E-state index < -0.39 is 17.5 Å². The van der Waals surface area contributed by atoms with Crippen LogP contribution in [0.1, 0.15) is 16.1 Å². The van der Waals surface area contributed by atoms with E-state index >= 15 is 0 Å². The highest BCUT2D eigenvalue weighted by Crippen LogP contribution is 2.18. The number of amides is 1. The molecule has 0 saturated heterocycles. The number of hydrogen-bond acceptors (Lipinski definition) is 5. The molecule has 0 bridgehead atoms. The number of fused-ring (bicyclic) bond motifs is 1. The number of benzene rings is 1. The van der Waals surface area contributed by atoms with Gasteiger partial charge in [-0.3, -0.25) is 4.79 Å². The summed E-state index contributed by atoms with van der Waals surface area (Å²) in [6.07, 6.45) is 4.89. The summed E-state index contributed by atoms with van der Waals surface area (Å²) in [5, 5.41) is 2.60. The molecular weight excluding hydrogens is 366 g/mol. The van der Waals surface area contributed by atoms with Crippen LogP contribution >= 0.6 is 0 Å². The molecule has 3 heterocycles. The summed E-state index contributed by atoms with van der Waals surface area (Å²) in [6, 6.07) is 8.36. The van der Waals surface area contributed by atoms with Crippen LogP contribution in [-0.4, -0.2) is 25.3 Å². The number of carbonyl (C=O) groups excluding carboxylic acids is 1. The third-order valence-electron chi connectivity index (χ3n) is 4.03. The third-order valence-corrected chi connectivity index (χ3v) is 4.03. The number of anilines is 1. The molecule has 0 fully saturated rings. The van der Waals surface area contributed by atoms with Gasteiger partial charge >= 0.3 is 0 Å². The lowest BCUT2D eigenvalue weighted by atomic mass is 10.2. The fraction of sp³-hybridized carbons (Fsp3) is 0.0526. The Morgan fingerprint density at radius 2 is 1.86 bits per heavy atom. The molecule has 3 aromatic heterocycles. The molecule has 3 N–H and O–H groups in total. The van der Waals surface area contributed by atoms with Gasteiger partial charge in [0.05, 0.1) is 5.69 Å². The summed E-state index contributed by atoms with van der Waals surface area (Å²) in [4.78, 5) is 24.6. The lowest BCUT2D eigenvalue weighted by Crippen LogP contribution is -2.23. The van der Waals surface area contributed by atoms with E-state index in [9.17, 15) is 13.6 Å². The van der Waals surface area contributed by atoms with E-state index in [0.29, 0.717) is 16.9 Å². The Labute approximate surface area is 157 Å². The first-order valence-corrected chi connectivity index (χ1v) is 8.29. The minimum absolute atomic E-state index is 0.0210. The number of imidazole rings is 1. The number of hydrogen-bond donors (Lipinski definition) is 2. The number of nitrogen functional groups attached to an aromatic ring is 1. The van der Waals surface area contributed by atoms with Crippen molar-refractivity contribution >= 4 is 17.5 Å². The van der Waals surface area contributed by atoms with Crippen LogP contribution in [0.25, 0.3) is 16.9 Å². The quantitative estimate of drug-likeness (QED) is 0.567. The van der Waals surface area contributed by atoms with Crippen molar-refractivity contribution in [1.82, 2.24) is 24.7 Å². The van der Waals surface area contributed by atoms with Crippen molar-refractivity contribution in [2.75, 3.05) is 5.73 Å². The zero-order chi connectivity index (χ0) is 19.7. The molecule has 7 nitrogen and oxygen atoms in total. The molecule has 0 saturated carbocycles. The molecular formula is C19H14F2N6O. The van der Waals surface area contributed by atoms with Crippen LogP contribution in [0.3, 0.4) is 0 Å². The summed E-state index contributed by atoms with van der Waals surface area (Å²) in [5.41, 5.74) is 8.09. The van der Waals surface area contributed by atoms with Gasteiger partial charge in [-0.1, -0.05) is 0 Å². The number of nitrogens with one attached hydrogen (secondary N) is 1. The van der Waals surface area contributed by atoms with E-state index in [0.717, 1.165) is 23.8 Å². The molecule has 140 valence electrons. The third kappa shape index (κ3) is 3.63. The lowest BCUT2D eigenvalue weighted by Gasteiger charge is -2.04. The minimum atomic E-state index is -0.699. The molecule has 28 heavy (non-hydrogen) atoms. The van der Waals surface area contributed by atoms with Crippen LogP contribution < -0.4 is 11.1 Å². The standard InChI is InChI=1S/C19H14F2N6O/c20-13-5-11(6-14(21)7-13)8-24-18(28)16-10-27-9-12(1-2-17(27)25-16)15-3-4-23-19(22)26-15/h1-7,9-10H,8H2,(H,24,28)(H2,22,23,26).